The van der Waals surface area contributed by atoms with E-state index in [2.05, 4.69) is 11.4 Å². The molecule has 2 aliphatic carbocycles. The van der Waals surface area contributed by atoms with Gasteiger partial charge in [0.25, 0.3) is 0 Å². The van der Waals surface area contributed by atoms with Crippen molar-refractivity contribution in [2.45, 2.75) is 69.9 Å². The molecule has 0 radical (unpaired) electrons. The van der Waals surface area contributed by atoms with Gasteiger partial charge in [0.2, 0.25) is 0 Å². The predicted molar refractivity (Wildman–Crippen MR) is 61.4 cm³/mol. The van der Waals surface area contributed by atoms with Gasteiger partial charge in [-0.05, 0) is 25.7 Å². The van der Waals surface area contributed by atoms with Crippen LogP contribution in [0.25, 0.3) is 0 Å². The number of hydrogen-bond acceptors (Lipinski definition) is 2. The first-order chi connectivity index (χ1) is 7.40. The smallest absolute Gasteiger partial charge is 0.0672 e. The Morgan fingerprint density at radius 3 is 2.27 bits per heavy atom. The fourth-order valence-corrected chi connectivity index (χ4v) is 3.06. The molecule has 2 fully saturated rings. The lowest BCUT2D eigenvalue weighted by Crippen LogP contribution is -2.44. The van der Waals surface area contributed by atoms with Gasteiger partial charge in [-0.2, -0.15) is 5.26 Å². The summed E-state index contributed by atoms with van der Waals surface area (Å²) in [7, 11) is 0. The Hall–Kier alpha value is -0.550. The van der Waals surface area contributed by atoms with Gasteiger partial charge in [0.05, 0.1) is 12.0 Å². The molecule has 2 nitrogen and oxygen atoms in total. The van der Waals surface area contributed by atoms with Crippen molar-refractivity contribution >= 4 is 0 Å². The fraction of sp³-hybridized carbons (Fsp3) is 0.923. The van der Waals surface area contributed by atoms with Crippen LogP contribution < -0.4 is 5.32 Å². The largest absolute Gasteiger partial charge is 0.310 e. The van der Waals surface area contributed by atoms with Gasteiger partial charge in [0, 0.05) is 12.1 Å². The Balaban J connectivity index is 1.83. The highest BCUT2D eigenvalue weighted by Gasteiger charge is 2.27. The van der Waals surface area contributed by atoms with Crippen molar-refractivity contribution in [2.24, 2.45) is 5.92 Å². The van der Waals surface area contributed by atoms with Gasteiger partial charge in [0.1, 0.15) is 0 Å². The summed E-state index contributed by atoms with van der Waals surface area (Å²) in [6.07, 6.45) is 11.7. The lowest BCUT2D eigenvalue weighted by atomic mass is 9.84. The van der Waals surface area contributed by atoms with Crippen LogP contribution in [0.2, 0.25) is 0 Å². The lowest BCUT2D eigenvalue weighted by Gasteiger charge is -2.33. The van der Waals surface area contributed by atoms with E-state index in [9.17, 15) is 0 Å². The van der Waals surface area contributed by atoms with E-state index in [0.717, 1.165) is 6.42 Å². The van der Waals surface area contributed by atoms with Crippen LogP contribution in [0.5, 0.6) is 0 Å². The average Bonchev–Trinajstić information content (AvgIpc) is 2.31. The Morgan fingerprint density at radius 1 is 0.867 bits per heavy atom. The first-order valence-electron chi connectivity index (χ1n) is 6.56. The molecule has 0 heterocycles. The molecule has 0 bridgehead atoms. The Bertz CT molecular complexity index is 225. The standard InChI is InChI=1S/C13H22N2/c14-10-11-6-4-5-9-13(11)15-12-7-2-1-3-8-12/h11-13,15H,1-9H2. The molecule has 2 rings (SSSR count). The van der Waals surface area contributed by atoms with E-state index in [1.807, 2.05) is 0 Å². The molecular weight excluding hydrogens is 184 g/mol. The molecule has 2 aliphatic rings. The zero-order chi connectivity index (χ0) is 10.5. The number of nitrogens with one attached hydrogen (secondary N) is 1. The molecule has 2 heteroatoms. The Morgan fingerprint density at radius 2 is 1.53 bits per heavy atom. The van der Waals surface area contributed by atoms with Crippen LogP contribution in [-0.4, -0.2) is 12.1 Å². The molecule has 2 saturated carbocycles. The molecule has 2 unspecified atom stereocenters. The monoisotopic (exact) mass is 206 g/mol. The lowest BCUT2D eigenvalue weighted by molar-refractivity contribution is 0.256. The second-order valence-electron chi connectivity index (χ2n) is 5.13. The highest BCUT2D eigenvalue weighted by atomic mass is 15.0. The fourth-order valence-electron chi connectivity index (χ4n) is 3.06. The summed E-state index contributed by atoms with van der Waals surface area (Å²) in [5.41, 5.74) is 0. The zero-order valence-electron chi connectivity index (χ0n) is 9.54. The quantitative estimate of drug-likeness (QED) is 0.754. The molecule has 84 valence electrons. The third-order valence-electron chi connectivity index (χ3n) is 3.99. The van der Waals surface area contributed by atoms with E-state index in [-0.39, 0.29) is 5.92 Å². The number of nitriles is 1. The van der Waals surface area contributed by atoms with Crippen LogP contribution in [0.4, 0.5) is 0 Å². The third kappa shape index (κ3) is 2.95. The summed E-state index contributed by atoms with van der Waals surface area (Å²) >= 11 is 0. The van der Waals surface area contributed by atoms with Crippen LogP contribution in [0.15, 0.2) is 0 Å². The van der Waals surface area contributed by atoms with Crippen molar-refractivity contribution in [1.82, 2.24) is 5.32 Å². The second-order valence-corrected chi connectivity index (χ2v) is 5.13. The summed E-state index contributed by atoms with van der Waals surface area (Å²) in [5.74, 6) is 0.278. The molecular formula is C13H22N2. The third-order valence-corrected chi connectivity index (χ3v) is 3.99. The van der Waals surface area contributed by atoms with Crippen LogP contribution in [0, 0.1) is 17.2 Å². The van der Waals surface area contributed by atoms with Gasteiger partial charge in [-0.15, -0.1) is 0 Å². The maximum atomic E-state index is 9.10. The number of nitrogens with zero attached hydrogens (tertiary/aromatic N) is 1. The van der Waals surface area contributed by atoms with Crippen LogP contribution in [-0.2, 0) is 0 Å². The van der Waals surface area contributed by atoms with Crippen LogP contribution >= 0.6 is 0 Å². The van der Waals surface area contributed by atoms with Crippen molar-refractivity contribution in [3.8, 4) is 6.07 Å². The molecule has 0 saturated heterocycles. The summed E-state index contributed by atoms with van der Waals surface area (Å²) in [6, 6.07) is 3.68. The summed E-state index contributed by atoms with van der Waals surface area (Å²) in [4.78, 5) is 0. The zero-order valence-corrected chi connectivity index (χ0v) is 9.54. The number of rotatable bonds is 2. The topological polar surface area (TPSA) is 35.8 Å². The molecule has 0 aromatic rings. The minimum absolute atomic E-state index is 0.278. The predicted octanol–water partition coefficient (Wildman–Crippen LogP) is 2.99. The highest BCUT2D eigenvalue weighted by Crippen LogP contribution is 2.26. The Labute approximate surface area is 93.0 Å². The number of hydrogen-bond donors (Lipinski definition) is 1. The van der Waals surface area contributed by atoms with E-state index < -0.39 is 0 Å². The van der Waals surface area contributed by atoms with E-state index in [4.69, 9.17) is 5.26 Å². The van der Waals surface area contributed by atoms with E-state index in [1.165, 1.54) is 51.4 Å². The van der Waals surface area contributed by atoms with Crippen molar-refractivity contribution < 1.29 is 0 Å². The molecule has 0 aromatic carbocycles. The first-order valence-corrected chi connectivity index (χ1v) is 6.56. The normalized spacial score (nSPS) is 33.5. The van der Waals surface area contributed by atoms with Gasteiger partial charge in [0.15, 0.2) is 0 Å². The molecule has 2 atom stereocenters. The average molecular weight is 206 g/mol. The molecule has 15 heavy (non-hydrogen) atoms. The minimum Gasteiger partial charge on any atom is -0.310 e. The van der Waals surface area contributed by atoms with E-state index in [1.54, 1.807) is 0 Å². The molecule has 0 amide bonds. The summed E-state index contributed by atoms with van der Waals surface area (Å²) < 4.78 is 0. The Kier molecular flexibility index (Phi) is 4.02. The van der Waals surface area contributed by atoms with Gasteiger partial charge >= 0.3 is 0 Å². The summed E-state index contributed by atoms with van der Waals surface area (Å²) in [6.45, 7) is 0. The maximum Gasteiger partial charge on any atom is 0.0672 e. The maximum absolute atomic E-state index is 9.10. The van der Waals surface area contributed by atoms with Crippen molar-refractivity contribution in [2.75, 3.05) is 0 Å². The van der Waals surface area contributed by atoms with Crippen molar-refractivity contribution in [3.05, 3.63) is 0 Å². The van der Waals surface area contributed by atoms with E-state index in [0.29, 0.717) is 12.1 Å². The molecule has 0 spiro atoms. The van der Waals surface area contributed by atoms with Crippen molar-refractivity contribution in [3.63, 3.8) is 0 Å². The van der Waals surface area contributed by atoms with Crippen LogP contribution in [0.1, 0.15) is 57.8 Å². The first kappa shape index (κ1) is 11.0. The van der Waals surface area contributed by atoms with E-state index >= 15 is 0 Å². The van der Waals surface area contributed by atoms with Gasteiger partial charge in [-0.25, -0.2) is 0 Å². The van der Waals surface area contributed by atoms with Crippen LogP contribution in [0.3, 0.4) is 0 Å². The van der Waals surface area contributed by atoms with Gasteiger partial charge < -0.3 is 5.32 Å². The van der Waals surface area contributed by atoms with Crippen molar-refractivity contribution in [1.29, 1.82) is 5.26 Å². The second kappa shape index (κ2) is 5.51. The molecule has 0 aromatic heterocycles. The summed E-state index contributed by atoms with van der Waals surface area (Å²) in [5, 5.41) is 12.8. The minimum atomic E-state index is 0.278. The molecule has 1 N–H and O–H groups in total. The van der Waals surface area contributed by atoms with Gasteiger partial charge in [-0.3, -0.25) is 0 Å². The van der Waals surface area contributed by atoms with Gasteiger partial charge in [-0.1, -0.05) is 32.1 Å². The highest BCUT2D eigenvalue weighted by molar-refractivity contribution is 4.95. The SMILES string of the molecule is N#CC1CCCCC1NC1CCCCC1. The molecule has 0 aliphatic heterocycles.